The molecular formula is C39H49NO10. The van der Waals surface area contributed by atoms with Crippen LogP contribution in [0.4, 0.5) is 0 Å². The molecule has 0 aliphatic heterocycles. The fourth-order valence-electron chi connectivity index (χ4n) is 11.2. The SMILES string of the molecule is C[C@H](CCC(=O)O)[C@H]1CC[C@H]2[C@@H]3[C@H](O)C[C@@H]4C[C@H](O)CC(OC(=O)c5ccccc5)(OC(=O)c5ccccc5)[C@]4(C)[C@H]3C(N)[C@@](O)(C=O)[C@]12C. The van der Waals surface area contributed by atoms with E-state index in [2.05, 4.69) is 0 Å². The number of aliphatic hydroxyl groups is 3. The van der Waals surface area contributed by atoms with Gasteiger partial charge in [-0.1, -0.05) is 57.2 Å². The molecule has 4 aliphatic carbocycles. The van der Waals surface area contributed by atoms with Crippen LogP contribution in [0.25, 0.3) is 0 Å². The number of rotatable bonds is 9. The molecule has 2 aromatic carbocycles. The Bertz CT molecular complexity index is 1550. The Morgan fingerprint density at radius 2 is 1.48 bits per heavy atom. The number of carbonyl (C=O) groups excluding carboxylic acids is 3. The molecule has 0 bridgehead atoms. The van der Waals surface area contributed by atoms with Gasteiger partial charge in [0.25, 0.3) is 5.79 Å². The van der Waals surface area contributed by atoms with Crippen molar-refractivity contribution in [2.75, 3.05) is 0 Å². The molecule has 0 heterocycles. The van der Waals surface area contributed by atoms with Crippen LogP contribution in [0.5, 0.6) is 0 Å². The van der Waals surface area contributed by atoms with Gasteiger partial charge in [0.15, 0.2) is 6.29 Å². The number of hydrogen-bond donors (Lipinski definition) is 5. The first-order valence-corrected chi connectivity index (χ1v) is 17.7. The fraction of sp³-hybridized carbons (Fsp3) is 0.590. The molecule has 2 aromatic rings. The number of esters is 2. The summed E-state index contributed by atoms with van der Waals surface area (Å²) in [6, 6.07) is 15.1. The largest absolute Gasteiger partial charge is 0.481 e. The first kappa shape index (κ1) is 36.2. The van der Waals surface area contributed by atoms with Gasteiger partial charge >= 0.3 is 17.9 Å². The topological polar surface area (TPSA) is 194 Å². The van der Waals surface area contributed by atoms with Gasteiger partial charge in [0.1, 0.15) is 5.60 Å². The van der Waals surface area contributed by atoms with E-state index in [-0.39, 0.29) is 48.6 Å². The first-order chi connectivity index (χ1) is 23.6. The molecule has 0 amide bonds. The standard InChI is InChI=1S/C39H49NO10/c1-22(14-17-30(44)45)27-15-16-28-31-29(43)19-25-18-26(42)20-39(49-34(46)23-10-6-4-7-11-23,50-35(47)24-12-8-5-9-13-24)36(25,2)32(31)33(40)38(48,21-41)37(27,28)3/h4-13,21-22,25-29,31-33,42-43,48H,14-20,40H2,1-3H3,(H,44,45)/t22-,25+,26+,27-,28+,29-,31-,32-,33?,36+,37-,38+/m1/s1. The lowest BCUT2D eigenvalue weighted by Gasteiger charge is -2.69. The van der Waals surface area contributed by atoms with E-state index in [0.717, 1.165) is 0 Å². The lowest BCUT2D eigenvalue weighted by molar-refractivity contribution is -0.341. The average Bonchev–Trinajstić information content (AvgIpc) is 3.45. The monoisotopic (exact) mass is 691 g/mol. The fourth-order valence-corrected chi connectivity index (χ4v) is 11.2. The van der Waals surface area contributed by atoms with Crippen molar-refractivity contribution in [1.29, 1.82) is 0 Å². The zero-order valence-electron chi connectivity index (χ0n) is 28.8. The van der Waals surface area contributed by atoms with E-state index in [1.54, 1.807) is 67.6 Å². The van der Waals surface area contributed by atoms with Gasteiger partial charge in [0.2, 0.25) is 0 Å². The first-order valence-electron chi connectivity index (χ1n) is 17.7. The van der Waals surface area contributed by atoms with Crippen LogP contribution in [0.2, 0.25) is 0 Å². The molecule has 6 rings (SSSR count). The Morgan fingerprint density at radius 3 is 2.00 bits per heavy atom. The number of fused-ring (bicyclic) bond motifs is 5. The van der Waals surface area contributed by atoms with Crippen molar-refractivity contribution in [1.82, 2.24) is 0 Å². The third-order valence-corrected chi connectivity index (χ3v) is 13.6. The highest BCUT2D eigenvalue weighted by Crippen LogP contribution is 2.72. The van der Waals surface area contributed by atoms with E-state index in [9.17, 15) is 39.6 Å². The Morgan fingerprint density at radius 1 is 0.920 bits per heavy atom. The van der Waals surface area contributed by atoms with Crippen LogP contribution in [-0.4, -0.2) is 74.3 Å². The van der Waals surface area contributed by atoms with Crippen molar-refractivity contribution in [2.45, 2.75) is 95.4 Å². The van der Waals surface area contributed by atoms with Crippen LogP contribution in [0, 0.1) is 46.3 Å². The second kappa shape index (κ2) is 13.2. The predicted octanol–water partition coefficient (Wildman–Crippen LogP) is 3.98. The number of aliphatic carboxylic acids is 1. The molecule has 4 fully saturated rings. The third-order valence-electron chi connectivity index (χ3n) is 13.6. The van der Waals surface area contributed by atoms with Crippen molar-refractivity contribution in [3.8, 4) is 0 Å². The van der Waals surface area contributed by atoms with Crippen molar-refractivity contribution in [2.24, 2.45) is 52.1 Å². The summed E-state index contributed by atoms with van der Waals surface area (Å²) in [5.41, 5.74) is 2.88. The summed E-state index contributed by atoms with van der Waals surface area (Å²) in [5.74, 6) is -7.69. The lowest BCUT2D eigenvalue weighted by atomic mass is 9.38. The van der Waals surface area contributed by atoms with Crippen LogP contribution < -0.4 is 5.73 Å². The van der Waals surface area contributed by atoms with Crippen molar-refractivity contribution in [3.63, 3.8) is 0 Å². The number of aliphatic hydroxyl groups excluding tert-OH is 2. The molecule has 11 nitrogen and oxygen atoms in total. The number of aldehydes is 1. The molecule has 1 unspecified atom stereocenters. The number of carboxylic acid groups (broad SMARTS) is 1. The van der Waals surface area contributed by atoms with E-state index in [4.69, 9.17) is 15.2 Å². The lowest BCUT2D eigenvalue weighted by Crippen LogP contribution is -2.79. The van der Waals surface area contributed by atoms with Crippen molar-refractivity contribution < 1.29 is 49.1 Å². The maximum Gasteiger partial charge on any atom is 0.341 e. The van der Waals surface area contributed by atoms with Gasteiger partial charge in [-0.3, -0.25) is 4.79 Å². The van der Waals surface area contributed by atoms with Crippen LogP contribution in [0.3, 0.4) is 0 Å². The van der Waals surface area contributed by atoms with Gasteiger partial charge in [0.05, 0.1) is 35.2 Å². The van der Waals surface area contributed by atoms with E-state index in [1.165, 1.54) is 0 Å². The van der Waals surface area contributed by atoms with Crippen LogP contribution in [0.1, 0.15) is 86.4 Å². The van der Waals surface area contributed by atoms with Crippen LogP contribution >= 0.6 is 0 Å². The number of ether oxygens (including phenoxy) is 2. The number of benzene rings is 2. The van der Waals surface area contributed by atoms with Gasteiger partial charge in [-0.05, 0) is 91.9 Å². The molecule has 270 valence electrons. The Balaban J connectivity index is 1.51. The van der Waals surface area contributed by atoms with Crippen molar-refractivity contribution >= 4 is 24.2 Å². The molecule has 50 heavy (non-hydrogen) atoms. The maximum absolute atomic E-state index is 14.0. The number of nitrogens with two attached hydrogens (primary N) is 1. The summed E-state index contributed by atoms with van der Waals surface area (Å²) in [5, 5.41) is 45.6. The Labute approximate surface area is 292 Å². The average molecular weight is 692 g/mol. The second-order valence-electron chi connectivity index (χ2n) is 15.7. The molecule has 11 heteroatoms. The minimum absolute atomic E-state index is 0.0666. The van der Waals surface area contributed by atoms with Gasteiger partial charge in [-0.2, -0.15) is 0 Å². The van der Waals surface area contributed by atoms with E-state index in [1.807, 2.05) is 13.8 Å². The Kier molecular flexibility index (Phi) is 9.52. The van der Waals surface area contributed by atoms with Gasteiger partial charge < -0.3 is 40.4 Å². The van der Waals surface area contributed by atoms with Crippen LogP contribution in [0.15, 0.2) is 60.7 Å². The number of carbonyl (C=O) groups is 4. The summed E-state index contributed by atoms with van der Waals surface area (Å²) in [6.07, 6.45) is -0.126. The second-order valence-corrected chi connectivity index (χ2v) is 15.7. The molecule has 4 aliphatic rings. The van der Waals surface area contributed by atoms with E-state index >= 15 is 0 Å². The van der Waals surface area contributed by atoms with Gasteiger partial charge in [0, 0.05) is 17.9 Å². The quantitative estimate of drug-likeness (QED) is 0.145. The summed E-state index contributed by atoms with van der Waals surface area (Å²) in [4.78, 5) is 52.8. The zero-order chi connectivity index (χ0) is 36.2. The predicted molar refractivity (Wildman–Crippen MR) is 180 cm³/mol. The van der Waals surface area contributed by atoms with Gasteiger partial charge in [-0.15, -0.1) is 0 Å². The molecule has 12 atom stereocenters. The molecule has 0 radical (unpaired) electrons. The molecule has 0 spiro atoms. The van der Waals surface area contributed by atoms with Crippen molar-refractivity contribution in [3.05, 3.63) is 71.8 Å². The van der Waals surface area contributed by atoms with E-state index < -0.39 is 82.0 Å². The minimum Gasteiger partial charge on any atom is -0.481 e. The number of carboxylic acids is 1. The maximum atomic E-state index is 14.0. The smallest absolute Gasteiger partial charge is 0.341 e. The highest BCUT2D eigenvalue weighted by Gasteiger charge is 2.78. The summed E-state index contributed by atoms with van der Waals surface area (Å²) < 4.78 is 12.8. The molecule has 0 saturated heterocycles. The summed E-state index contributed by atoms with van der Waals surface area (Å²) >= 11 is 0. The molecular weight excluding hydrogens is 642 g/mol. The Hall–Kier alpha value is -3.64. The normalized spacial score (nSPS) is 39.2. The minimum atomic E-state index is -2.14. The number of hydrogen-bond acceptors (Lipinski definition) is 10. The summed E-state index contributed by atoms with van der Waals surface area (Å²) in [7, 11) is 0. The zero-order valence-corrected chi connectivity index (χ0v) is 28.8. The van der Waals surface area contributed by atoms with Crippen LogP contribution in [-0.2, 0) is 19.1 Å². The molecule has 4 saturated carbocycles. The highest BCUT2D eigenvalue weighted by molar-refractivity contribution is 5.91. The molecule has 6 N–H and O–H groups in total. The third kappa shape index (κ3) is 5.39. The highest BCUT2D eigenvalue weighted by atomic mass is 16.7. The molecule has 0 aromatic heterocycles. The summed E-state index contributed by atoms with van der Waals surface area (Å²) in [6.45, 7) is 5.55. The van der Waals surface area contributed by atoms with Gasteiger partial charge in [-0.25, -0.2) is 9.59 Å². The van der Waals surface area contributed by atoms with E-state index in [0.29, 0.717) is 25.5 Å².